The molecule has 1 amide bonds. The van der Waals surface area contributed by atoms with Crippen molar-refractivity contribution in [3.05, 3.63) is 35.3 Å². The molecule has 0 N–H and O–H groups in total. The van der Waals surface area contributed by atoms with Crippen LogP contribution < -0.4 is 4.74 Å². The number of piperidine rings is 1. The zero-order valence-corrected chi connectivity index (χ0v) is 15.5. The van der Waals surface area contributed by atoms with E-state index in [2.05, 4.69) is 16.0 Å². The van der Waals surface area contributed by atoms with Crippen LogP contribution in [0, 0.1) is 5.92 Å². The maximum atomic E-state index is 12.3. The van der Waals surface area contributed by atoms with Crippen LogP contribution in [0.4, 0.5) is 0 Å². The fraction of sp³-hybridized carbons (Fsp3) is 0.474. The molecule has 3 aliphatic rings. The van der Waals surface area contributed by atoms with Crippen LogP contribution in [0.1, 0.15) is 17.7 Å². The zero-order valence-electron chi connectivity index (χ0n) is 14.6. The maximum Gasteiger partial charge on any atom is 0.227 e. The van der Waals surface area contributed by atoms with Crippen LogP contribution in [-0.4, -0.2) is 54.0 Å². The molecule has 5 rings (SSSR count). The van der Waals surface area contributed by atoms with Gasteiger partial charge in [0.2, 0.25) is 5.91 Å². The van der Waals surface area contributed by atoms with Crippen LogP contribution in [0.25, 0.3) is 10.6 Å². The number of hydrogen-bond donors (Lipinski definition) is 0. The highest BCUT2D eigenvalue weighted by atomic mass is 32.1. The molecule has 0 saturated carbocycles. The SMILES string of the molecule is COc1cccc(-c2ncc(CN3C[C@H]4CC[C@@H](C3)N(C)C4=O)s2)c1. The second-order valence-corrected chi connectivity index (χ2v) is 8.05. The normalized spacial score (nSPS) is 23.8. The lowest BCUT2D eigenvalue weighted by molar-refractivity contribution is -0.138. The Morgan fingerprint density at radius 1 is 1.32 bits per heavy atom. The molecule has 2 bridgehead atoms. The molecule has 1 aromatic carbocycles. The summed E-state index contributed by atoms with van der Waals surface area (Å²) in [5, 5.41) is 1.01. The topological polar surface area (TPSA) is 45.7 Å². The van der Waals surface area contributed by atoms with Crippen LogP contribution >= 0.6 is 11.3 Å². The molecule has 0 aliphatic carbocycles. The largest absolute Gasteiger partial charge is 0.497 e. The minimum absolute atomic E-state index is 0.162. The lowest BCUT2D eigenvalue weighted by atomic mass is 9.95. The van der Waals surface area contributed by atoms with Crippen molar-refractivity contribution < 1.29 is 9.53 Å². The maximum absolute atomic E-state index is 12.3. The lowest BCUT2D eigenvalue weighted by Crippen LogP contribution is -2.45. The number of rotatable bonds is 4. The van der Waals surface area contributed by atoms with E-state index < -0.39 is 0 Å². The number of likely N-dealkylation sites (N-methyl/N-ethyl adjacent to an activating group) is 1. The van der Waals surface area contributed by atoms with Gasteiger partial charge in [-0.3, -0.25) is 9.69 Å². The summed E-state index contributed by atoms with van der Waals surface area (Å²) in [7, 11) is 3.63. The number of carbonyl (C=O) groups excluding carboxylic acids is 1. The van der Waals surface area contributed by atoms with Gasteiger partial charge < -0.3 is 9.64 Å². The molecule has 3 aliphatic heterocycles. The van der Waals surface area contributed by atoms with Crippen molar-refractivity contribution in [1.82, 2.24) is 14.8 Å². The molecule has 5 nitrogen and oxygen atoms in total. The fourth-order valence-corrected chi connectivity index (χ4v) is 4.82. The highest BCUT2D eigenvalue weighted by Crippen LogP contribution is 2.31. The van der Waals surface area contributed by atoms with E-state index in [9.17, 15) is 4.79 Å². The Kier molecular flexibility index (Phi) is 4.48. The summed E-state index contributed by atoms with van der Waals surface area (Å²) < 4.78 is 5.30. The van der Waals surface area contributed by atoms with Crippen LogP contribution in [0.3, 0.4) is 0 Å². The van der Waals surface area contributed by atoms with Gasteiger partial charge in [0.05, 0.1) is 13.0 Å². The van der Waals surface area contributed by atoms with Crippen LogP contribution in [0.15, 0.2) is 30.5 Å². The Morgan fingerprint density at radius 3 is 3.04 bits per heavy atom. The molecular weight excluding hydrogens is 334 g/mol. The van der Waals surface area contributed by atoms with E-state index in [0.717, 1.165) is 48.8 Å². The number of methoxy groups -OCH3 is 1. The van der Waals surface area contributed by atoms with Gasteiger partial charge in [-0.05, 0) is 25.0 Å². The van der Waals surface area contributed by atoms with Crippen LogP contribution in [-0.2, 0) is 11.3 Å². The van der Waals surface area contributed by atoms with Crippen molar-refractivity contribution in [1.29, 1.82) is 0 Å². The Morgan fingerprint density at radius 2 is 2.20 bits per heavy atom. The monoisotopic (exact) mass is 357 g/mol. The number of amides is 1. The second-order valence-electron chi connectivity index (χ2n) is 6.94. The molecule has 0 unspecified atom stereocenters. The number of hydrogen-bond acceptors (Lipinski definition) is 5. The third kappa shape index (κ3) is 3.28. The average molecular weight is 357 g/mol. The number of ether oxygens (including phenoxy) is 1. The summed E-state index contributed by atoms with van der Waals surface area (Å²) in [5.74, 6) is 1.33. The van der Waals surface area contributed by atoms with Gasteiger partial charge in [-0.15, -0.1) is 11.3 Å². The third-order valence-electron chi connectivity index (χ3n) is 5.29. The van der Waals surface area contributed by atoms with Crippen molar-refractivity contribution in [2.45, 2.75) is 25.4 Å². The Balaban J connectivity index is 1.49. The average Bonchev–Trinajstić information content (AvgIpc) is 2.95. The third-order valence-corrected chi connectivity index (χ3v) is 6.32. The molecular formula is C19H23N3O2S. The molecule has 6 heteroatoms. The molecule has 3 fully saturated rings. The lowest BCUT2D eigenvalue weighted by Gasteiger charge is -2.32. The summed E-state index contributed by atoms with van der Waals surface area (Å²) in [6.45, 7) is 2.70. The highest BCUT2D eigenvalue weighted by Gasteiger charge is 2.38. The highest BCUT2D eigenvalue weighted by molar-refractivity contribution is 7.15. The predicted octanol–water partition coefficient (Wildman–Crippen LogP) is 2.87. The standard InChI is InChI=1S/C19H23N3O2S/c1-21-15-7-6-14(19(21)23)10-22(11-15)12-17-9-20-18(25-17)13-4-3-5-16(8-13)24-2/h3-5,8-9,14-15H,6-7,10-12H2,1-2H3/t14-,15+/m1/s1. The molecule has 3 saturated heterocycles. The van der Waals surface area contributed by atoms with Gasteiger partial charge in [0.25, 0.3) is 0 Å². The van der Waals surface area contributed by atoms with E-state index in [1.54, 1.807) is 18.4 Å². The van der Waals surface area contributed by atoms with Gasteiger partial charge >= 0.3 is 0 Å². The minimum atomic E-state index is 0.162. The van der Waals surface area contributed by atoms with Crippen LogP contribution in [0.5, 0.6) is 5.75 Å². The van der Waals surface area contributed by atoms with Crippen molar-refractivity contribution in [2.75, 3.05) is 27.2 Å². The van der Waals surface area contributed by atoms with Gasteiger partial charge in [-0.2, -0.15) is 0 Å². The van der Waals surface area contributed by atoms with Gasteiger partial charge in [0.1, 0.15) is 10.8 Å². The summed E-state index contributed by atoms with van der Waals surface area (Å²) in [6.07, 6.45) is 4.13. The Bertz CT molecular complexity index is 776. The molecule has 2 atom stereocenters. The molecule has 0 radical (unpaired) electrons. The molecule has 1 aromatic heterocycles. The number of nitrogens with zero attached hydrogens (tertiary/aromatic N) is 3. The zero-order chi connectivity index (χ0) is 17.4. The van der Waals surface area contributed by atoms with E-state index in [1.807, 2.05) is 36.3 Å². The van der Waals surface area contributed by atoms with Gasteiger partial charge in [-0.1, -0.05) is 12.1 Å². The van der Waals surface area contributed by atoms with Gasteiger partial charge in [0, 0.05) is 49.4 Å². The summed E-state index contributed by atoms with van der Waals surface area (Å²) in [5.41, 5.74) is 1.08. The number of thiazole rings is 1. The van der Waals surface area contributed by atoms with E-state index in [0.29, 0.717) is 11.9 Å². The first kappa shape index (κ1) is 16.5. The number of fused-ring (bicyclic) bond motifs is 4. The molecule has 4 heterocycles. The number of carbonyl (C=O) groups is 1. The van der Waals surface area contributed by atoms with E-state index in [1.165, 1.54) is 4.88 Å². The first-order valence-electron chi connectivity index (χ1n) is 8.72. The summed E-state index contributed by atoms with van der Waals surface area (Å²) in [6, 6.07) is 8.37. The molecule has 132 valence electrons. The quantitative estimate of drug-likeness (QED) is 0.844. The van der Waals surface area contributed by atoms with E-state index in [-0.39, 0.29) is 5.92 Å². The predicted molar refractivity (Wildman–Crippen MR) is 98.7 cm³/mol. The van der Waals surface area contributed by atoms with Crippen molar-refractivity contribution in [3.63, 3.8) is 0 Å². The Hall–Kier alpha value is -1.92. The second kappa shape index (κ2) is 6.77. The smallest absolute Gasteiger partial charge is 0.227 e. The fourth-order valence-electron chi connectivity index (χ4n) is 3.87. The van der Waals surface area contributed by atoms with E-state index >= 15 is 0 Å². The first-order chi connectivity index (χ1) is 12.1. The molecule has 0 spiro atoms. The first-order valence-corrected chi connectivity index (χ1v) is 9.54. The van der Waals surface area contributed by atoms with Gasteiger partial charge in [0.15, 0.2) is 0 Å². The molecule has 2 aromatic rings. The summed E-state index contributed by atoms with van der Waals surface area (Å²) in [4.78, 5) is 22.6. The van der Waals surface area contributed by atoms with Crippen molar-refractivity contribution in [2.24, 2.45) is 5.92 Å². The van der Waals surface area contributed by atoms with E-state index in [4.69, 9.17) is 4.74 Å². The Labute approximate surface area is 152 Å². The number of benzene rings is 1. The molecule has 25 heavy (non-hydrogen) atoms. The van der Waals surface area contributed by atoms with Gasteiger partial charge in [-0.25, -0.2) is 4.98 Å². The van der Waals surface area contributed by atoms with Crippen molar-refractivity contribution in [3.8, 4) is 16.3 Å². The number of aromatic nitrogens is 1. The van der Waals surface area contributed by atoms with Crippen molar-refractivity contribution >= 4 is 17.2 Å². The summed E-state index contributed by atoms with van der Waals surface area (Å²) >= 11 is 1.72. The minimum Gasteiger partial charge on any atom is -0.497 e. The van der Waals surface area contributed by atoms with Crippen LogP contribution in [0.2, 0.25) is 0 Å².